The molecule has 4 aromatic rings. The number of halogens is 5. The summed E-state index contributed by atoms with van der Waals surface area (Å²) in [5, 5.41) is 9.37. The van der Waals surface area contributed by atoms with E-state index in [0.717, 1.165) is 24.3 Å². The van der Waals surface area contributed by atoms with Crippen molar-refractivity contribution in [3.05, 3.63) is 86.5 Å². The van der Waals surface area contributed by atoms with Crippen LogP contribution in [-0.4, -0.2) is 95.8 Å². The Morgan fingerprint density at radius 3 is 2.33 bits per heavy atom. The van der Waals surface area contributed by atoms with Gasteiger partial charge in [0.05, 0.1) is 41.6 Å². The van der Waals surface area contributed by atoms with Crippen LogP contribution in [-0.2, 0) is 33.5 Å². The van der Waals surface area contributed by atoms with Gasteiger partial charge in [0.25, 0.3) is 11.5 Å². The average molecular weight is 747 g/mol. The number of ether oxygens (including phenoxy) is 1. The number of carbonyl (C=O) groups excluding carboxylic acids is 3. The first-order valence-electron chi connectivity index (χ1n) is 16.6. The molecule has 0 atom stereocenters. The fourth-order valence-corrected chi connectivity index (χ4v) is 6.53. The van der Waals surface area contributed by atoms with Crippen LogP contribution in [0, 0.1) is 5.82 Å². The van der Waals surface area contributed by atoms with E-state index in [1.165, 1.54) is 27.6 Å². The zero-order chi connectivity index (χ0) is 37.2. The van der Waals surface area contributed by atoms with E-state index in [1.807, 2.05) is 16.7 Å². The number of anilines is 3. The Bertz CT molecular complexity index is 2060. The molecule has 18 heteroatoms. The number of nitrogens with one attached hydrogen (secondary N) is 2. The molecule has 2 saturated heterocycles. The molecule has 52 heavy (non-hydrogen) atoms. The standard InChI is InChI=1S/C34H35ClF4N8O5/c1-2-26-31(45-11-9-44(10-12-45)30(49)19-40-32(50)22-5-3-4-6-24(22)36)33(51)47-29(18-27(42-47)43-13-15-52-16-14-43)46(26)20-28(48)41-25-8-7-21(17-23(25)35)34(37,38)39/h3-8,17-18H,2,9-16,19-20H2,1H3,(H,40,50)(H,41,48). The van der Waals surface area contributed by atoms with Gasteiger partial charge < -0.3 is 34.6 Å². The van der Waals surface area contributed by atoms with Crippen LogP contribution < -0.4 is 26.0 Å². The fourth-order valence-electron chi connectivity index (χ4n) is 6.30. The van der Waals surface area contributed by atoms with Crippen molar-refractivity contribution >= 4 is 52.2 Å². The molecule has 0 spiro atoms. The summed E-state index contributed by atoms with van der Waals surface area (Å²) in [5.41, 5.74) is -0.442. The van der Waals surface area contributed by atoms with Gasteiger partial charge in [-0.2, -0.15) is 17.7 Å². The van der Waals surface area contributed by atoms with E-state index < -0.39 is 34.9 Å². The number of piperazine rings is 1. The SMILES string of the molecule is CCc1c(N2CCN(C(=O)CNC(=O)c3ccccc3F)CC2)c(=O)n2nc(N3CCOCC3)cc2n1CC(=O)Nc1ccc(C(F)(F)F)cc1Cl. The molecule has 6 rings (SSSR count). The maximum Gasteiger partial charge on any atom is 0.416 e. The number of amides is 3. The molecule has 0 bridgehead atoms. The summed E-state index contributed by atoms with van der Waals surface area (Å²) >= 11 is 6.11. The van der Waals surface area contributed by atoms with E-state index in [2.05, 4.69) is 15.7 Å². The van der Waals surface area contributed by atoms with Gasteiger partial charge in [-0.3, -0.25) is 19.2 Å². The maximum atomic E-state index is 14.2. The lowest BCUT2D eigenvalue weighted by Gasteiger charge is -2.37. The van der Waals surface area contributed by atoms with Crippen LogP contribution in [0.2, 0.25) is 5.02 Å². The third kappa shape index (κ3) is 7.69. The van der Waals surface area contributed by atoms with E-state index in [4.69, 9.17) is 16.3 Å². The number of carbonyl (C=O) groups is 3. The van der Waals surface area contributed by atoms with Crippen LogP contribution in [0.1, 0.15) is 28.5 Å². The second kappa shape index (κ2) is 15.2. The first-order chi connectivity index (χ1) is 24.8. The molecule has 2 fully saturated rings. The van der Waals surface area contributed by atoms with E-state index in [0.29, 0.717) is 49.9 Å². The van der Waals surface area contributed by atoms with Gasteiger partial charge in [-0.15, -0.1) is 5.10 Å². The van der Waals surface area contributed by atoms with Crippen LogP contribution in [0.4, 0.5) is 34.8 Å². The molecule has 13 nitrogen and oxygen atoms in total. The number of nitrogens with zero attached hydrogens (tertiary/aromatic N) is 6. The van der Waals surface area contributed by atoms with E-state index in [9.17, 15) is 36.7 Å². The van der Waals surface area contributed by atoms with Crippen molar-refractivity contribution in [1.29, 1.82) is 0 Å². The van der Waals surface area contributed by atoms with E-state index >= 15 is 0 Å². The lowest BCUT2D eigenvalue weighted by atomic mass is 10.2. The number of rotatable bonds is 9. The summed E-state index contributed by atoms with van der Waals surface area (Å²) < 4.78 is 61.9. The number of hydrogen-bond acceptors (Lipinski definition) is 8. The fraction of sp³-hybridized carbons (Fsp3) is 0.382. The number of aromatic nitrogens is 3. The molecule has 0 radical (unpaired) electrons. The molecule has 2 aromatic heterocycles. The maximum absolute atomic E-state index is 14.2. The number of hydrogen-bond donors (Lipinski definition) is 2. The second-order valence-corrected chi connectivity index (χ2v) is 12.6. The zero-order valence-electron chi connectivity index (χ0n) is 28.0. The highest BCUT2D eigenvalue weighted by Crippen LogP contribution is 2.34. The molecule has 2 aliphatic rings. The normalized spacial score (nSPS) is 15.2. The Morgan fingerprint density at radius 1 is 0.962 bits per heavy atom. The zero-order valence-corrected chi connectivity index (χ0v) is 28.8. The molecule has 276 valence electrons. The minimum Gasteiger partial charge on any atom is -0.378 e. The Labute approximate surface area is 299 Å². The van der Waals surface area contributed by atoms with E-state index in [1.54, 1.807) is 10.6 Å². The minimum absolute atomic E-state index is 0.0107. The summed E-state index contributed by atoms with van der Waals surface area (Å²) in [4.78, 5) is 58.4. The number of benzene rings is 2. The van der Waals surface area contributed by atoms with Gasteiger partial charge in [0.1, 0.15) is 23.7 Å². The Kier molecular flexibility index (Phi) is 10.7. The third-order valence-corrected chi connectivity index (χ3v) is 9.27. The molecule has 2 N–H and O–H groups in total. The van der Waals surface area contributed by atoms with Crippen molar-refractivity contribution in [3.8, 4) is 0 Å². The molecular formula is C34H35ClF4N8O5. The van der Waals surface area contributed by atoms with Crippen molar-refractivity contribution < 1.29 is 36.7 Å². The molecule has 2 aromatic carbocycles. The quantitative estimate of drug-likeness (QED) is 0.249. The van der Waals surface area contributed by atoms with Gasteiger partial charge >= 0.3 is 6.18 Å². The smallest absolute Gasteiger partial charge is 0.378 e. The van der Waals surface area contributed by atoms with Crippen molar-refractivity contribution in [2.75, 3.05) is 74.1 Å². The van der Waals surface area contributed by atoms with Crippen molar-refractivity contribution in [1.82, 2.24) is 24.4 Å². The van der Waals surface area contributed by atoms with Gasteiger partial charge in [0.2, 0.25) is 11.8 Å². The Morgan fingerprint density at radius 2 is 1.67 bits per heavy atom. The van der Waals surface area contributed by atoms with Gasteiger partial charge in [0.15, 0.2) is 5.82 Å². The highest BCUT2D eigenvalue weighted by Gasteiger charge is 2.32. The largest absolute Gasteiger partial charge is 0.416 e. The monoisotopic (exact) mass is 746 g/mol. The summed E-state index contributed by atoms with van der Waals surface area (Å²) in [7, 11) is 0. The topological polar surface area (TPSA) is 134 Å². The molecular weight excluding hydrogens is 712 g/mol. The van der Waals surface area contributed by atoms with E-state index in [-0.39, 0.29) is 67.1 Å². The summed E-state index contributed by atoms with van der Waals surface area (Å²) in [6, 6.07) is 9.79. The predicted molar refractivity (Wildman–Crippen MR) is 184 cm³/mol. The predicted octanol–water partition coefficient (Wildman–Crippen LogP) is 3.42. The van der Waals surface area contributed by atoms with Crippen molar-refractivity contribution in [2.45, 2.75) is 26.1 Å². The number of fused-ring (bicyclic) bond motifs is 1. The van der Waals surface area contributed by atoms with Crippen LogP contribution in [0.3, 0.4) is 0 Å². The molecule has 3 amide bonds. The average Bonchev–Trinajstić information content (AvgIpc) is 3.59. The Balaban J connectivity index is 1.25. The highest BCUT2D eigenvalue weighted by atomic mass is 35.5. The molecule has 0 unspecified atom stereocenters. The molecule has 2 aliphatic heterocycles. The van der Waals surface area contributed by atoms with Crippen LogP contribution in [0.5, 0.6) is 0 Å². The summed E-state index contributed by atoms with van der Waals surface area (Å²) in [5.74, 6) is -1.90. The lowest BCUT2D eigenvalue weighted by molar-refractivity contribution is -0.137. The first kappa shape index (κ1) is 36.6. The van der Waals surface area contributed by atoms with Gasteiger partial charge in [0, 0.05) is 51.0 Å². The summed E-state index contributed by atoms with van der Waals surface area (Å²) in [6.45, 7) is 4.06. The molecule has 0 aliphatic carbocycles. The first-order valence-corrected chi connectivity index (χ1v) is 16.9. The van der Waals surface area contributed by atoms with Crippen LogP contribution >= 0.6 is 11.6 Å². The van der Waals surface area contributed by atoms with Crippen LogP contribution in [0.15, 0.2) is 53.3 Å². The van der Waals surface area contributed by atoms with Crippen LogP contribution in [0.25, 0.3) is 5.65 Å². The van der Waals surface area contributed by atoms with Gasteiger partial charge in [-0.05, 0) is 36.8 Å². The van der Waals surface area contributed by atoms with Gasteiger partial charge in [-0.25, -0.2) is 4.39 Å². The third-order valence-electron chi connectivity index (χ3n) is 8.96. The van der Waals surface area contributed by atoms with Gasteiger partial charge in [-0.1, -0.05) is 30.7 Å². The summed E-state index contributed by atoms with van der Waals surface area (Å²) in [6.07, 6.45) is -4.30. The lowest BCUT2D eigenvalue weighted by Crippen LogP contribution is -2.52. The highest BCUT2D eigenvalue weighted by molar-refractivity contribution is 6.33. The van der Waals surface area contributed by atoms with Crippen molar-refractivity contribution in [3.63, 3.8) is 0 Å². The minimum atomic E-state index is -4.61. The second-order valence-electron chi connectivity index (χ2n) is 12.2. The van der Waals surface area contributed by atoms with Crippen molar-refractivity contribution in [2.24, 2.45) is 0 Å². The number of alkyl halides is 3. The molecule has 4 heterocycles. The Hall–Kier alpha value is -5.16. The number of morpholine rings is 1. The molecule has 0 saturated carbocycles.